The molecule has 0 saturated heterocycles. The van der Waals surface area contributed by atoms with Crippen LogP contribution < -0.4 is 0 Å². The Bertz CT molecular complexity index is 1150. The molecule has 6 rings (SSSR count). The van der Waals surface area contributed by atoms with Crippen LogP contribution in [-0.2, 0) is 10.8 Å². The molecule has 4 aliphatic rings. The van der Waals surface area contributed by atoms with Crippen LogP contribution in [0.4, 0.5) is 0 Å². The topological polar surface area (TPSA) is 0 Å². The quantitative estimate of drug-likeness (QED) is 0.437. The van der Waals surface area contributed by atoms with Crippen LogP contribution in [0.25, 0.3) is 16.7 Å². The summed E-state index contributed by atoms with van der Waals surface area (Å²) in [6.07, 6.45) is 6.44. The Kier molecular flexibility index (Phi) is 3.15. The summed E-state index contributed by atoms with van der Waals surface area (Å²) >= 11 is 0. The Morgan fingerprint density at radius 2 is 1.48 bits per heavy atom. The second kappa shape index (κ2) is 5.15. The predicted molar refractivity (Wildman–Crippen MR) is 123 cm³/mol. The van der Waals surface area contributed by atoms with Gasteiger partial charge in [0, 0.05) is 10.8 Å². The first-order valence-corrected chi connectivity index (χ1v) is 11.4. The van der Waals surface area contributed by atoms with E-state index >= 15 is 0 Å². The van der Waals surface area contributed by atoms with Gasteiger partial charge in [0.15, 0.2) is 0 Å². The molecule has 0 aliphatic heterocycles. The van der Waals surface area contributed by atoms with Gasteiger partial charge in [-0.1, -0.05) is 83.0 Å². The van der Waals surface area contributed by atoms with Crippen molar-refractivity contribution in [1.82, 2.24) is 0 Å². The van der Waals surface area contributed by atoms with Gasteiger partial charge in [-0.05, 0) is 81.7 Å². The lowest BCUT2D eigenvalue weighted by atomic mass is 9.56. The van der Waals surface area contributed by atoms with Crippen LogP contribution >= 0.6 is 0 Å². The lowest BCUT2D eigenvalue weighted by Gasteiger charge is -2.48. The first kappa shape index (κ1) is 17.8. The zero-order valence-electron chi connectivity index (χ0n) is 18.7. The molecule has 0 radical (unpaired) electrons. The van der Waals surface area contributed by atoms with Gasteiger partial charge < -0.3 is 0 Å². The summed E-state index contributed by atoms with van der Waals surface area (Å²) < 4.78 is 0. The maximum absolute atomic E-state index is 2.61. The molecular weight excluding hydrogens is 348 g/mol. The molecule has 1 saturated carbocycles. The molecule has 0 spiro atoms. The number of benzene rings is 2. The Morgan fingerprint density at radius 3 is 2.24 bits per heavy atom. The van der Waals surface area contributed by atoms with E-state index in [1.165, 1.54) is 47.1 Å². The highest BCUT2D eigenvalue weighted by atomic mass is 14.5. The summed E-state index contributed by atoms with van der Waals surface area (Å²) in [5.41, 5.74) is 14.5. The molecule has 2 aromatic rings. The minimum Gasteiger partial charge on any atom is -0.0631 e. The molecular formula is C29H32. The predicted octanol–water partition coefficient (Wildman–Crippen LogP) is 7.80. The molecule has 2 atom stereocenters. The number of fused-ring (bicyclic) bond motifs is 6. The Balaban J connectivity index is 1.60. The summed E-state index contributed by atoms with van der Waals surface area (Å²) in [7, 11) is 0. The molecule has 0 heterocycles. The van der Waals surface area contributed by atoms with Crippen LogP contribution in [-0.4, -0.2) is 0 Å². The third-order valence-electron chi connectivity index (χ3n) is 9.32. The number of allylic oxidation sites excluding steroid dienone is 4. The van der Waals surface area contributed by atoms with Gasteiger partial charge in [0.05, 0.1) is 0 Å². The van der Waals surface area contributed by atoms with Crippen molar-refractivity contribution >= 4 is 5.57 Å². The van der Waals surface area contributed by atoms with Crippen molar-refractivity contribution in [2.75, 3.05) is 0 Å². The highest BCUT2D eigenvalue weighted by Crippen LogP contribution is 2.61. The second-order valence-electron chi connectivity index (χ2n) is 11.3. The molecule has 29 heavy (non-hydrogen) atoms. The first-order chi connectivity index (χ1) is 13.7. The van der Waals surface area contributed by atoms with Crippen LogP contribution in [0, 0.1) is 11.3 Å². The fourth-order valence-corrected chi connectivity index (χ4v) is 6.92. The van der Waals surface area contributed by atoms with E-state index in [9.17, 15) is 0 Å². The van der Waals surface area contributed by atoms with Gasteiger partial charge in [-0.2, -0.15) is 0 Å². The van der Waals surface area contributed by atoms with Crippen molar-refractivity contribution in [3.63, 3.8) is 0 Å². The zero-order valence-corrected chi connectivity index (χ0v) is 18.7. The summed E-state index contributed by atoms with van der Waals surface area (Å²) in [5, 5.41) is 0. The fourth-order valence-electron chi connectivity index (χ4n) is 6.92. The van der Waals surface area contributed by atoms with Crippen molar-refractivity contribution in [2.45, 2.75) is 71.6 Å². The van der Waals surface area contributed by atoms with Crippen molar-refractivity contribution in [1.29, 1.82) is 0 Å². The smallest absolute Gasteiger partial charge is 0.0159 e. The number of hydrogen-bond acceptors (Lipinski definition) is 0. The molecule has 2 aromatic carbocycles. The molecule has 4 aliphatic carbocycles. The van der Waals surface area contributed by atoms with Gasteiger partial charge in [-0.3, -0.25) is 0 Å². The van der Waals surface area contributed by atoms with Gasteiger partial charge in [0.2, 0.25) is 0 Å². The molecule has 0 nitrogen and oxygen atoms in total. The van der Waals surface area contributed by atoms with E-state index in [-0.39, 0.29) is 10.8 Å². The van der Waals surface area contributed by atoms with Crippen LogP contribution in [0.1, 0.15) is 83.1 Å². The van der Waals surface area contributed by atoms with Gasteiger partial charge in [0.25, 0.3) is 0 Å². The highest BCUT2D eigenvalue weighted by Gasteiger charge is 2.49. The van der Waals surface area contributed by atoms with Crippen LogP contribution in [0.5, 0.6) is 0 Å². The first-order valence-electron chi connectivity index (χ1n) is 11.4. The Hall–Kier alpha value is -2.08. The van der Waals surface area contributed by atoms with Gasteiger partial charge in [-0.25, -0.2) is 0 Å². The van der Waals surface area contributed by atoms with Gasteiger partial charge >= 0.3 is 0 Å². The van der Waals surface area contributed by atoms with E-state index in [1.807, 2.05) is 0 Å². The van der Waals surface area contributed by atoms with E-state index < -0.39 is 0 Å². The molecule has 2 unspecified atom stereocenters. The molecule has 0 amide bonds. The minimum absolute atomic E-state index is 0.0752. The molecule has 0 aromatic heterocycles. The lowest BCUT2D eigenvalue weighted by Crippen LogP contribution is -2.38. The van der Waals surface area contributed by atoms with Crippen LogP contribution in [0.2, 0.25) is 0 Å². The monoisotopic (exact) mass is 380 g/mol. The van der Waals surface area contributed by atoms with Crippen LogP contribution in [0.3, 0.4) is 0 Å². The second-order valence-corrected chi connectivity index (χ2v) is 11.3. The van der Waals surface area contributed by atoms with Crippen molar-refractivity contribution in [2.24, 2.45) is 11.3 Å². The van der Waals surface area contributed by atoms with Crippen molar-refractivity contribution in [3.8, 4) is 11.1 Å². The normalized spacial score (nSPS) is 29.7. The average Bonchev–Trinajstić information content (AvgIpc) is 2.98. The maximum atomic E-state index is 2.61. The summed E-state index contributed by atoms with van der Waals surface area (Å²) in [5.74, 6) is 0.824. The fraction of sp³-hybridized carbons (Fsp3) is 0.448. The standard InChI is InChI=1S/C29H32/c1-17-13-18-14-20-22-16-25-21(19-9-7-8-10-23(19)27(25,2)3)15-26(22)28(4,5)24(20)11-12-29(17,18)6/h7-10,14-17H,11-13H2,1-6H3. The molecule has 0 heteroatoms. The third kappa shape index (κ3) is 1.96. The summed E-state index contributed by atoms with van der Waals surface area (Å²) in [4.78, 5) is 0. The Labute approximate surface area is 175 Å². The third-order valence-corrected chi connectivity index (χ3v) is 9.32. The van der Waals surface area contributed by atoms with Gasteiger partial charge in [-0.15, -0.1) is 0 Å². The van der Waals surface area contributed by atoms with Crippen molar-refractivity contribution < 1.29 is 0 Å². The zero-order chi connectivity index (χ0) is 20.3. The molecule has 1 fully saturated rings. The van der Waals surface area contributed by atoms with E-state index in [1.54, 1.807) is 22.3 Å². The van der Waals surface area contributed by atoms with E-state index in [0.29, 0.717) is 5.41 Å². The van der Waals surface area contributed by atoms with Gasteiger partial charge in [0.1, 0.15) is 0 Å². The summed E-state index contributed by atoms with van der Waals surface area (Å²) in [6, 6.07) is 14.1. The highest BCUT2D eigenvalue weighted by molar-refractivity contribution is 5.92. The van der Waals surface area contributed by atoms with Crippen molar-refractivity contribution in [3.05, 3.63) is 75.9 Å². The Morgan fingerprint density at radius 1 is 0.793 bits per heavy atom. The minimum atomic E-state index is 0.0752. The number of rotatable bonds is 0. The summed E-state index contributed by atoms with van der Waals surface area (Å²) in [6.45, 7) is 14.7. The van der Waals surface area contributed by atoms with E-state index in [0.717, 1.165) is 5.92 Å². The number of hydrogen-bond donors (Lipinski definition) is 0. The molecule has 148 valence electrons. The molecule has 0 bridgehead atoms. The lowest BCUT2D eigenvalue weighted by molar-refractivity contribution is 0.147. The average molecular weight is 381 g/mol. The maximum Gasteiger partial charge on any atom is 0.0159 e. The SMILES string of the molecule is CC1CC2=CC3=C(CCC21C)C(C)(C)c1cc2c(cc13)C(C)(C)c1ccccc1-2. The van der Waals surface area contributed by atoms with E-state index in [2.05, 4.69) is 84.0 Å². The largest absolute Gasteiger partial charge is 0.0631 e. The van der Waals surface area contributed by atoms with Crippen LogP contribution in [0.15, 0.2) is 53.6 Å². The van der Waals surface area contributed by atoms with E-state index in [4.69, 9.17) is 0 Å². The molecule has 0 N–H and O–H groups in total.